The number of para-hydroxylation sites is 1. The van der Waals surface area contributed by atoms with Crippen LogP contribution < -0.4 is 16.4 Å². The molecule has 8 N–H and O–H groups in total. The highest BCUT2D eigenvalue weighted by Crippen LogP contribution is 2.19. The van der Waals surface area contributed by atoms with Crippen LogP contribution in [-0.2, 0) is 20.8 Å². The number of hydrogen-bond donors (Lipinski definition) is 7. The molecular weight excluding hydrogens is 368 g/mol. The first kappa shape index (κ1) is 21.4. The fourth-order valence-corrected chi connectivity index (χ4v) is 2.73. The lowest BCUT2D eigenvalue weighted by atomic mass is 10.0. The number of carboxylic acids is 1. The predicted octanol–water partition coefficient (Wildman–Crippen LogP) is -1.53. The Morgan fingerprint density at radius 3 is 2.46 bits per heavy atom. The van der Waals surface area contributed by atoms with Crippen molar-refractivity contribution in [3.8, 4) is 0 Å². The average Bonchev–Trinajstić information content (AvgIpc) is 3.07. The smallest absolute Gasteiger partial charge is 0.328 e. The quantitative estimate of drug-likeness (QED) is 0.270. The zero-order valence-electron chi connectivity index (χ0n) is 15.3. The molecule has 28 heavy (non-hydrogen) atoms. The molecule has 0 fully saturated rings. The zero-order valence-corrected chi connectivity index (χ0v) is 15.3. The van der Waals surface area contributed by atoms with Crippen molar-refractivity contribution in [2.45, 2.75) is 37.6 Å². The van der Waals surface area contributed by atoms with Crippen molar-refractivity contribution in [2.75, 3.05) is 6.61 Å². The summed E-state index contributed by atoms with van der Waals surface area (Å²) in [6.07, 6.45) is 0.392. The number of nitrogens with one attached hydrogen (secondary N) is 3. The second-order valence-electron chi connectivity index (χ2n) is 6.48. The van der Waals surface area contributed by atoms with Crippen LogP contribution in [0.4, 0.5) is 0 Å². The van der Waals surface area contributed by atoms with Crippen molar-refractivity contribution in [3.63, 3.8) is 0 Å². The summed E-state index contributed by atoms with van der Waals surface area (Å²) in [4.78, 5) is 39.0. The summed E-state index contributed by atoms with van der Waals surface area (Å²) in [7, 11) is 0. The van der Waals surface area contributed by atoms with E-state index in [-0.39, 0.29) is 6.42 Å². The van der Waals surface area contributed by atoms with Gasteiger partial charge in [-0.15, -0.1) is 0 Å². The van der Waals surface area contributed by atoms with E-state index < -0.39 is 48.6 Å². The molecule has 0 aliphatic carbocycles. The molecule has 2 aromatic rings. The first-order chi connectivity index (χ1) is 13.2. The molecule has 0 bridgehead atoms. The molecule has 0 saturated carbocycles. The summed E-state index contributed by atoms with van der Waals surface area (Å²) in [5.74, 6) is -2.96. The average molecular weight is 392 g/mol. The van der Waals surface area contributed by atoms with Gasteiger partial charge in [0, 0.05) is 23.5 Å². The normalized spacial score (nSPS) is 15.4. The van der Waals surface area contributed by atoms with Gasteiger partial charge in [-0.25, -0.2) is 4.79 Å². The van der Waals surface area contributed by atoms with Crippen molar-refractivity contribution >= 4 is 28.7 Å². The van der Waals surface area contributed by atoms with E-state index in [4.69, 9.17) is 15.9 Å². The minimum atomic E-state index is -1.54. The third-order valence-corrected chi connectivity index (χ3v) is 4.31. The Hall–Kier alpha value is -2.95. The van der Waals surface area contributed by atoms with Gasteiger partial charge in [0.25, 0.3) is 0 Å². The standard InChI is InChI=1S/C18H24N4O6/c1-9(24)15(18(27)28)22-17(26)14(21-16(25)12(19)8-23)6-10-7-20-13-5-3-2-4-11(10)13/h2-5,7,9,12,14-15,20,23-24H,6,8,19H2,1H3,(H,21,25)(H,22,26)(H,27,28)/t9-,12+,14+,15+/m1/s1. The van der Waals surface area contributed by atoms with Gasteiger partial charge >= 0.3 is 5.97 Å². The molecule has 1 aromatic carbocycles. The highest BCUT2D eigenvalue weighted by atomic mass is 16.4. The van der Waals surface area contributed by atoms with E-state index in [2.05, 4.69) is 15.6 Å². The van der Waals surface area contributed by atoms with Crippen molar-refractivity contribution in [3.05, 3.63) is 36.0 Å². The van der Waals surface area contributed by atoms with Crippen LogP contribution in [-0.4, -0.2) is 68.9 Å². The first-order valence-corrected chi connectivity index (χ1v) is 8.67. The van der Waals surface area contributed by atoms with E-state index >= 15 is 0 Å². The van der Waals surface area contributed by atoms with Gasteiger partial charge in [-0.1, -0.05) is 18.2 Å². The maximum atomic E-state index is 12.7. The number of carboxylic acid groups (broad SMARTS) is 1. The molecule has 0 unspecified atom stereocenters. The number of carbonyl (C=O) groups is 3. The number of aliphatic hydroxyl groups is 2. The lowest BCUT2D eigenvalue weighted by molar-refractivity contribution is -0.145. The predicted molar refractivity (Wildman–Crippen MR) is 100 cm³/mol. The summed E-state index contributed by atoms with van der Waals surface area (Å²) in [6.45, 7) is 0.618. The van der Waals surface area contributed by atoms with Gasteiger partial charge in [0.15, 0.2) is 6.04 Å². The minimum absolute atomic E-state index is 0.0475. The lowest BCUT2D eigenvalue weighted by Gasteiger charge is -2.23. The van der Waals surface area contributed by atoms with Crippen LogP contribution in [0.3, 0.4) is 0 Å². The fourth-order valence-electron chi connectivity index (χ4n) is 2.73. The number of benzene rings is 1. The number of aliphatic hydroxyl groups excluding tert-OH is 2. The zero-order chi connectivity index (χ0) is 20.8. The summed E-state index contributed by atoms with van der Waals surface area (Å²) >= 11 is 0. The van der Waals surface area contributed by atoms with Gasteiger partial charge < -0.3 is 36.7 Å². The lowest BCUT2D eigenvalue weighted by Crippen LogP contribution is -2.57. The molecule has 2 amide bonds. The van der Waals surface area contributed by atoms with Gasteiger partial charge in [0.2, 0.25) is 11.8 Å². The maximum Gasteiger partial charge on any atom is 0.328 e. The van der Waals surface area contributed by atoms with Crippen LogP contribution in [0, 0.1) is 0 Å². The van der Waals surface area contributed by atoms with Crippen molar-refractivity contribution in [1.29, 1.82) is 0 Å². The number of amides is 2. The van der Waals surface area contributed by atoms with Crippen molar-refractivity contribution in [2.24, 2.45) is 5.73 Å². The topological polar surface area (TPSA) is 178 Å². The summed E-state index contributed by atoms with van der Waals surface area (Å²) in [5, 5.41) is 33.3. The number of aromatic nitrogens is 1. The third-order valence-electron chi connectivity index (χ3n) is 4.31. The number of rotatable bonds is 9. The minimum Gasteiger partial charge on any atom is -0.480 e. The molecule has 1 heterocycles. The number of aliphatic carboxylic acids is 1. The van der Waals surface area contributed by atoms with Crippen LogP contribution in [0.2, 0.25) is 0 Å². The second kappa shape index (κ2) is 9.31. The summed E-state index contributed by atoms with van der Waals surface area (Å²) < 4.78 is 0. The van der Waals surface area contributed by atoms with E-state index in [1.165, 1.54) is 6.92 Å². The monoisotopic (exact) mass is 392 g/mol. The Labute approximate surface area is 160 Å². The summed E-state index contributed by atoms with van der Waals surface area (Å²) in [6, 6.07) is 3.42. The maximum absolute atomic E-state index is 12.7. The van der Waals surface area contributed by atoms with Crippen LogP contribution in [0.5, 0.6) is 0 Å². The molecule has 2 rings (SSSR count). The Balaban J connectivity index is 2.26. The molecule has 0 radical (unpaired) electrons. The molecule has 0 aliphatic rings. The highest BCUT2D eigenvalue weighted by molar-refractivity contribution is 5.93. The third kappa shape index (κ3) is 5.06. The van der Waals surface area contributed by atoms with Gasteiger partial charge in [-0.2, -0.15) is 0 Å². The van der Waals surface area contributed by atoms with Crippen LogP contribution in [0.1, 0.15) is 12.5 Å². The number of H-pyrrole nitrogens is 1. The van der Waals surface area contributed by atoms with Crippen molar-refractivity contribution in [1.82, 2.24) is 15.6 Å². The van der Waals surface area contributed by atoms with E-state index in [0.29, 0.717) is 0 Å². The molecule has 4 atom stereocenters. The van der Waals surface area contributed by atoms with E-state index in [0.717, 1.165) is 16.5 Å². The summed E-state index contributed by atoms with van der Waals surface area (Å²) in [5.41, 5.74) is 7.05. The molecule has 10 heteroatoms. The van der Waals surface area contributed by atoms with Gasteiger partial charge in [-0.3, -0.25) is 9.59 Å². The Morgan fingerprint density at radius 1 is 1.18 bits per heavy atom. The molecule has 1 aromatic heterocycles. The van der Waals surface area contributed by atoms with E-state index in [9.17, 15) is 19.5 Å². The largest absolute Gasteiger partial charge is 0.480 e. The number of hydrogen-bond acceptors (Lipinski definition) is 6. The Bertz CT molecular complexity index is 849. The molecule has 0 saturated heterocycles. The molecule has 0 spiro atoms. The Morgan fingerprint density at radius 2 is 1.86 bits per heavy atom. The highest BCUT2D eigenvalue weighted by Gasteiger charge is 2.30. The number of fused-ring (bicyclic) bond motifs is 1. The molecule has 0 aliphatic heterocycles. The SMILES string of the molecule is C[C@@H](O)[C@H](NC(=O)[C@H](Cc1c[nH]c2ccccc12)NC(=O)[C@@H](N)CO)C(=O)O. The second-order valence-corrected chi connectivity index (χ2v) is 6.48. The molecule has 152 valence electrons. The van der Waals surface area contributed by atoms with Crippen LogP contribution in [0.15, 0.2) is 30.5 Å². The van der Waals surface area contributed by atoms with Crippen LogP contribution in [0.25, 0.3) is 10.9 Å². The molecular formula is C18H24N4O6. The van der Waals surface area contributed by atoms with E-state index in [1.807, 2.05) is 24.3 Å². The first-order valence-electron chi connectivity index (χ1n) is 8.67. The van der Waals surface area contributed by atoms with Gasteiger partial charge in [0.05, 0.1) is 12.7 Å². The molecule has 10 nitrogen and oxygen atoms in total. The number of carbonyl (C=O) groups excluding carboxylic acids is 2. The fraction of sp³-hybridized carbons (Fsp3) is 0.389. The number of nitrogens with two attached hydrogens (primary N) is 1. The van der Waals surface area contributed by atoms with Crippen LogP contribution >= 0.6 is 0 Å². The van der Waals surface area contributed by atoms with E-state index in [1.54, 1.807) is 6.20 Å². The number of aromatic amines is 1. The van der Waals surface area contributed by atoms with Gasteiger partial charge in [0.1, 0.15) is 12.1 Å². The van der Waals surface area contributed by atoms with Gasteiger partial charge in [-0.05, 0) is 18.6 Å². The Kier molecular flexibility index (Phi) is 7.10. The van der Waals surface area contributed by atoms with Crippen molar-refractivity contribution < 1.29 is 29.7 Å².